The molecular formula is C19H17NO4S. The van der Waals surface area contributed by atoms with Crippen molar-refractivity contribution in [2.45, 2.75) is 11.8 Å². The summed E-state index contributed by atoms with van der Waals surface area (Å²) in [6, 6.07) is 14.0. The van der Waals surface area contributed by atoms with Crippen molar-refractivity contribution in [3.63, 3.8) is 0 Å². The molecule has 0 bridgehead atoms. The molecule has 0 spiro atoms. The molecule has 0 fully saturated rings. The highest BCUT2D eigenvalue weighted by atomic mass is 32.2. The smallest absolute Gasteiger partial charge is 0.352 e. The molecule has 3 aromatic rings. The number of carbonyl (C=O) groups is 1. The zero-order chi connectivity index (χ0) is 18.2. The first-order chi connectivity index (χ1) is 11.8. The number of hydrogen-bond donors (Lipinski definition) is 2. The molecule has 1 aromatic heterocycles. The number of aromatic amines is 1. The molecule has 128 valence electrons. The average Bonchev–Trinajstić information content (AvgIpc) is 3.00. The maximum absolute atomic E-state index is 11.6. The second-order valence-electron chi connectivity index (χ2n) is 5.92. The zero-order valence-corrected chi connectivity index (χ0v) is 14.6. The van der Waals surface area contributed by atoms with Crippen LogP contribution in [-0.4, -0.2) is 30.7 Å². The van der Waals surface area contributed by atoms with Crippen LogP contribution in [0.4, 0.5) is 0 Å². The lowest BCUT2D eigenvalue weighted by atomic mass is 9.96. The average molecular weight is 355 g/mol. The molecule has 0 aliphatic rings. The number of carboxylic acid groups (broad SMARTS) is 1. The molecule has 0 amide bonds. The topological polar surface area (TPSA) is 87.2 Å². The summed E-state index contributed by atoms with van der Waals surface area (Å²) in [6.07, 6.45) is 2.78. The number of hydrogen-bond acceptors (Lipinski definition) is 3. The quantitative estimate of drug-likeness (QED) is 0.746. The van der Waals surface area contributed by atoms with Gasteiger partial charge in [-0.25, -0.2) is 13.2 Å². The van der Waals surface area contributed by atoms with Crippen molar-refractivity contribution in [3.05, 3.63) is 66.0 Å². The predicted octanol–water partition coefficient (Wildman–Crippen LogP) is 3.76. The zero-order valence-electron chi connectivity index (χ0n) is 13.8. The predicted molar refractivity (Wildman–Crippen MR) is 96.5 cm³/mol. The van der Waals surface area contributed by atoms with Gasteiger partial charge in [0.15, 0.2) is 9.84 Å². The number of H-pyrrole nitrogens is 1. The Hall–Kier alpha value is -2.86. The van der Waals surface area contributed by atoms with Gasteiger partial charge in [0.05, 0.1) is 4.90 Å². The van der Waals surface area contributed by atoms with E-state index < -0.39 is 15.8 Å². The monoisotopic (exact) mass is 355 g/mol. The largest absolute Gasteiger partial charge is 0.477 e. The third-order valence-corrected chi connectivity index (χ3v) is 5.16. The van der Waals surface area contributed by atoms with Crippen LogP contribution in [0.3, 0.4) is 0 Å². The van der Waals surface area contributed by atoms with Gasteiger partial charge in [0.2, 0.25) is 0 Å². The molecule has 25 heavy (non-hydrogen) atoms. The van der Waals surface area contributed by atoms with Crippen LogP contribution in [0.2, 0.25) is 0 Å². The summed E-state index contributed by atoms with van der Waals surface area (Å²) >= 11 is 0. The van der Waals surface area contributed by atoms with E-state index in [1.807, 2.05) is 31.2 Å². The highest BCUT2D eigenvalue weighted by molar-refractivity contribution is 7.90. The van der Waals surface area contributed by atoms with Gasteiger partial charge in [-0.3, -0.25) is 0 Å². The SMILES string of the molecule is Cc1ccc(-c2c(-c3ccc(S(C)(=O)=O)cc3)c[nH]c2C(=O)O)cc1. The second kappa shape index (κ2) is 6.22. The molecule has 5 nitrogen and oxygen atoms in total. The number of carboxylic acids is 1. The van der Waals surface area contributed by atoms with Crippen molar-refractivity contribution in [2.24, 2.45) is 0 Å². The summed E-state index contributed by atoms with van der Waals surface area (Å²) in [7, 11) is -3.28. The fraction of sp³-hybridized carbons (Fsp3) is 0.105. The molecule has 3 rings (SSSR count). The van der Waals surface area contributed by atoms with E-state index in [2.05, 4.69) is 4.98 Å². The van der Waals surface area contributed by atoms with Gasteiger partial charge in [-0.1, -0.05) is 42.0 Å². The minimum atomic E-state index is -3.28. The minimum Gasteiger partial charge on any atom is -0.477 e. The first-order valence-electron chi connectivity index (χ1n) is 7.59. The summed E-state index contributed by atoms with van der Waals surface area (Å²) in [5, 5.41) is 9.48. The lowest BCUT2D eigenvalue weighted by molar-refractivity contribution is 0.0692. The van der Waals surface area contributed by atoms with Crippen LogP contribution in [0.25, 0.3) is 22.3 Å². The summed E-state index contributed by atoms with van der Waals surface area (Å²) in [5.41, 5.74) is 4.00. The van der Waals surface area contributed by atoms with Crippen LogP contribution < -0.4 is 0 Å². The highest BCUT2D eigenvalue weighted by Crippen LogP contribution is 2.35. The molecular weight excluding hydrogens is 338 g/mol. The molecule has 0 aliphatic carbocycles. The maximum Gasteiger partial charge on any atom is 0.352 e. The molecule has 2 aromatic carbocycles. The standard InChI is InChI=1S/C19H17NO4S/c1-12-3-5-14(6-4-12)17-16(11-20-18(17)19(21)22)13-7-9-15(10-8-13)25(2,23)24/h3-11,20H,1-2H3,(H,21,22). The van der Waals surface area contributed by atoms with Crippen molar-refractivity contribution in [2.75, 3.05) is 6.26 Å². The van der Waals surface area contributed by atoms with E-state index in [1.165, 1.54) is 12.1 Å². The number of nitrogens with one attached hydrogen (secondary N) is 1. The van der Waals surface area contributed by atoms with Crippen molar-refractivity contribution < 1.29 is 18.3 Å². The van der Waals surface area contributed by atoms with Gasteiger partial charge in [0.1, 0.15) is 5.69 Å². The van der Waals surface area contributed by atoms with Gasteiger partial charge in [-0.2, -0.15) is 0 Å². The maximum atomic E-state index is 11.6. The molecule has 0 saturated heterocycles. The van der Waals surface area contributed by atoms with E-state index in [0.717, 1.165) is 22.9 Å². The Labute approximate surface area is 145 Å². The van der Waals surface area contributed by atoms with Gasteiger partial charge in [-0.15, -0.1) is 0 Å². The number of benzene rings is 2. The Bertz CT molecular complexity index is 1030. The second-order valence-corrected chi connectivity index (χ2v) is 7.94. The molecule has 0 atom stereocenters. The number of aromatic carboxylic acids is 1. The van der Waals surface area contributed by atoms with Gasteiger partial charge in [0.25, 0.3) is 0 Å². The summed E-state index contributed by atoms with van der Waals surface area (Å²) in [5.74, 6) is -1.05. The third-order valence-electron chi connectivity index (χ3n) is 4.03. The normalized spacial score (nSPS) is 11.4. The number of rotatable bonds is 4. The summed E-state index contributed by atoms with van der Waals surface area (Å²) in [4.78, 5) is 14.6. The Balaban J connectivity index is 2.17. The van der Waals surface area contributed by atoms with E-state index in [1.54, 1.807) is 18.3 Å². The number of aryl methyl sites for hydroxylation is 1. The third kappa shape index (κ3) is 3.34. The molecule has 0 aliphatic heterocycles. The van der Waals surface area contributed by atoms with Crippen LogP contribution >= 0.6 is 0 Å². The highest BCUT2D eigenvalue weighted by Gasteiger charge is 2.19. The molecule has 0 saturated carbocycles. The van der Waals surface area contributed by atoms with Crippen molar-refractivity contribution in [3.8, 4) is 22.3 Å². The van der Waals surface area contributed by atoms with Crippen molar-refractivity contribution in [1.82, 2.24) is 4.98 Å². The van der Waals surface area contributed by atoms with Crippen LogP contribution in [-0.2, 0) is 9.84 Å². The Kier molecular flexibility index (Phi) is 4.22. The van der Waals surface area contributed by atoms with E-state index in [-0.39, 0.29) is 10.6 Å². The fourth-order valence-electron chi connectivity index (χ4n) is 2.72. The molecule has 6 heteroatoms. The van der Waals surface area contributed by atoms with E-state index >= 15 is 0 Å². The molecule has 2 N–H and O–H groups in total. The lowest BCUT2D eigenvalue weighted by Crippen LogP contribution is -1.99. The van der Waals surface area contributed by atoms with Crippen molar-refractivity contribution in [1.29, 1.82) is 0 Å². The van der Waals surface area contributed by atoms with E-state index in [0.29, 0.717) is 11.1 Å². The van der Waals surface area contributed by atoms with Crippen LogP contribution in [0.5, 0.6) is 0 Å². The van der Waals surface area contributed by atoms with Crippen molar-refractivity contribution >= 4 is 15.8 Å². The van der Waals surface area contributed by atoms with Gasteiger partial charge in [-0.05, 0) is 30.2 Å². The van der Waals surface area contributed by atoms with Crippen LogP contribution in [0, 0.1) is 6.92 Å². The van der Waals surface area contributed by atoms with Crippen LogP contribution in [0.1, 0.15) is 16.1 Å². The molecule has 0 unspecified atom stereocenters. The number of aromatic nitrogens is 1. The fourth-order valence-corrected chi connectivity index (χ4v) is 3.35. The Morgan fingerprint density at radius 1 is 0.960 bits per heavy atom. The summed E-state index contributed by atoms with van der Waals surface area (Å²) < 4.78 is 23.2. The first-order valence-corrected chi connectivity index (χ1v) is 9.48. The molecule has 1 heterocycles. The van der Waals surface area contributed by atoms with Crippen LogP contribution in [0.15, 0.2) is 59.6 Å². The Morgan fingerprint density at radius 2 is 1.52 bits per heavy atom. The first kappa shape index (κ1) is 17.0. The minimum absolute atomic E-state index is 0.103. The van der Waals surface area contributed by atoms with Gasteiger partial charge in [0, 0.05) is 23.6 Å². The molecule has 0 radical (unpaired) electrons. The Morgan fingerprint density at radius 3 is 2.04 bits per heavy atom. The van der Waals surface area contributed by atoms with Gasteiger partial charge < -0.3 is 10.1 Å². The lowest BCUT2D eigenvalue weighted by Gasteiger charge is -2.08. The van der Waals surface area contributed by atoms with E-state index in [4.69, 9.17) is 0 Å². The van der Waals surface area contributed by atoms with E-state index in [9.17, 15) is 18.3 Å². The summed E-state index contributed by atoms with van der Waals surface area (Å²) in [6.45, 7) is 1.96. The number of sulfone groups is 1. The van der Waals surface area contributed by atoms with Gasteiger partial charge >= 0.3 is 5.97 Å².